The Hall–Kier alpha value is -1.38. The van der Waals surface area contributed by atoms with Gasteiger partial charge in [-0.3, -0.25) is 4.79 Å². The summed E-state index contributed by atoms with van der Waals surface area (Å²) >= 11 is 0. The zero-order valence-electron chi connectivity index (χ0n) is 22.1. The lowest BCUT2D eigenvalue weighted by molar-refractivity contribution is -0.146. The first-order valence-electron chi connectivity index (χ1n) is 13.4. The second-order valence-corrected chi connectivity index (χ2v) is 13.3. The van der Waals surface area contributed by atoms with Crippen molar-refractivity contribution in [3.63, 3.8) is 0 Å². The number of ketones is 1. The van der Waals surface area contributed by atoms with E-state index in [9.17, 15) is 9.59 Å². The molecule has 3 fully saturated rings. The molecule has 0 spiro atoms. The minimum absolute atomic E-state index is 0.203. The van der Waals surface area contributed by atoms with Crippen LogP contribution >= 0.6 is 0 Å². The monoisotopic (exact) mass is 454 g/mol. The van der Waals surface area contributed by atoms with Gasteiger partial charge in [0.15, 0.2) is 0 Å². The van der Waals surface area contributed by atoms with Crippen LogP contribution in [0.3, 0.4) is 0 Å². The van der Waals surface area contributed by atoms with Crippen LogP contribution in [0.25, 0.3) is 0 Å². The van der Waals surface area contributed by atoms with Gasteiger partial charge in [0.2, 0.25) is 0 Å². The molecule has 3 heteroatoms. The highest BCUT2D eigenvalue weighted by Crippen LogP contribution is 2.73. The molecule has 33 heavy (non-hydrogen) atoms. The predicted octanol–water partition coefficient (Wildman–Crippen LogP) is 7.61. The fourth-order valence-corrected chi connectivity index (χ4v) is 9.32. The lowest BCUT2D eigenvalue weighted by atomic mass is 9.41. The molecular weight excluding hydrogens is 408 g/mol. The fraction of sp³-hybridized carbons (Fsp3) is 0.800. The molecule has 0 unspecified atom stereocenters. The van der Waals surface area contributed by atoms with Gasteiger partial charge in [-0.25, -0.2) is 4.79 Å². The van der Waals surface area contributed by atoms with Gasteiger partial charge in [0.05, 0.1) is 0 Å². The van der Waals surface area contributed by atoms with Gasteiger partial charge in [-0.1, -0.05) is 59.3 Å². The molecule has 3 nitrogen and oxygen atoms in total. The highest BCUT2D eigenvalue weighted by molar-refractivity contribution is 5.86. The lowest BCUT2D eigenvalue weighted by Crippen LogP contribution is -2.57. The Bertz CT molecular complexity index is 894. The van der Waals surface area contributed by atoms with Crippen LogP contribution in [0.15, 0.2) is 23.3 Å². The van der Waals surface area contributed by atoms with Crippen molar-refractivity contribution in [2.24, 2.45) is 45.3 Å². The minimum atomic E-state index is -0.801. The first-order chi connectivity index (χ1) is 15.3. The van der Waals surface area contributed by atoms with Gasteiger partial charge in [0, 0.05) is 17.4 Å². The zero-order valence-corrected chi connectivity index (χ0v) is 22.1. The van der Waals surface area contributed by atoms with Crippen LogP contribution in [-0.4, -0.2) is 16.9 Å². The highest BCUT2D eigenvalue weighted by atomic mass is 16.4. The molecular formula is C30H46O3. The molecule has 3 saturated carbocycles. The van der Waals surface area contributed by atoms with Gasteiger partial charge >= 0.3 is 5.97 Å². The first-order valence-corrected chi connectivity index (χ1v) is 13.4. The Kier molecular flexibility index (Phi) is 6.07. The van der Waals surface area contributed by atoms with Crippen LogP contribution < -0.4 is 0 Å². The molecule has 4 rings (SSSR count). The molecule has 0 aliphatic heterocycles. The van der Waals surface area contributed by atoms with E-state index in [0.29, 0.717) is 40.4 Å². The summed E-state index contributed by atoms with van der Waals surface area (Å²) < 4.78 is 0. The topological polar surface area (TPSA) is 54.4 Å². The number of carboxylic acid groups (broad SMARTS) is 1. The van der Waals surface area contributed by atoms with Crippen molar-refractivity contribution < 1.29 is 14.7 Å². The summed E-state index contributed by atoms with van der Waals surface area (Å²) in [6.45, 7) is 16.2. The Balaban J connectivity index is 1.59. The largest absolute Gasteiger partial charge is 0.478 e. The molecule has 184 valence electrons. The standard InChI is InChI=1S/C30H46O3/c1-19(9-8-10-20(2)26(32)33)21-13-17-30(7)23-11-12-24-27(3,4)25(31)15-16-28(24,5)22(23)14-18-29(21,30)6/h10-11,19,21-22,24H,8-9,12-18H2,1-7H3,(H,32,33)/b20-10-/t19-,21-,22-,24+,28+,29-,30+/m0/s1. The second-order valence-electron chi connectivity index (χ2n) is 13.3. The number of hydrogen-bond donors (Lipinski definition) is 1. The molecule has 0 aromatic heterocycles. The number of rotatable bonds is 5. The predicted molar refractivity (Wildman–Crippen MR) is 134 cm³/mol. The number of Topliss-reactive ketones (excluding diaryl/α,β-unsaturated/α-hetero) is 1. The third-order valence-electron chi connectivity index (χ3n) is 11.7. The highest BCUT2D eigenvalue weighted by Gasteiger charge is 2.65. The van der Waals surface area contributed by atoms with Crippen LogP contribution in [0.1, 0.15) is 106 Å². The van der Waals surface area contributed by atoms with Crippen molar-refractivity contribution in [2.45, 2.75) is 106 Å². The smallest absolute Gasteiger partial charge is 0.330 e. The van der Waals surface area contributed by atoms with Crippen LogP contribution in [0.5, 0.6) is 0 Å². The van der Waals surface area contributed by atoms with E-state index in [1.807, 2.05) is 6.08 Å². The summed E-state index contributed by atoms with van der Waals surface area (Å²) in [7, 11) is 0. The maximum absolute atomic E-state index is 12.8. The Labute approximate surface area is 201 Å². The number of aliphatic carboxylic acids is 1. The molecule has 0 radical (unpaired) electrons. The Morgan fingerprint density at radius 2 is 1.85 bits per heavy atom. The van der Waals surface area contributed by atoms with E-state index >= 15 is 0 Å². The summed E-state index contributed by atoms with van der Waals surface area (Å²) in [5.74, 6) is 2.05. The number of allylic oxidation sites excluding steroid dienone is 3. The maximum atomic E-state index is 12.8. The normalized spacial score (nSPS) is 43.2. The molecule has 0 saturated heterocycles. The second kappa shape index (κ2) is 8.09. The van der Waals surface area contributed by atoms with Crippen molar-refractivity contribution in [1.29, 1.82) is 0 Å². The minimum Gasteiger partial charge on any atom is -0.478 e. The van der Waals surface area contributed by atoms with Gasteiger partial charge in [0.1, 0.15) is 5.78 Å². The fourth-order valence-electron chi connectivity index (χ4n) is 9.32. The Morgan fingerprint density at radius 3 is 2.52 bits per heavy atom. The number of fused-ring (bicyclic) bond motifs is 5. The van der Waals surface area contributed by atoms with Crippen LogP contribution in [-0.2, 0) is 9.59 Å². The van der Waals surface area contributed by atoms with Crippen molar-refractivity contribution in [2.75, 3.05) is 0 Å². The lowest BCUT2D eigenvalue weighted by Gasteiger charge is -2.63. The van der Waals surface area contributed by atoms with Crippen molar-refractivity contribution in [3.8, 4) is 0 Å². The first kappa shape index (κ1) is 24.7. The van der Waals surface area contributed by atoms with E-state index in [0.717, 1.165) is 32.1 Å². The van der Waals surface area contributed by atoms with Crippen LogP contribution in [0.2, 0.25) is 0 Å². The average molecular weight is 455 g/mol. The van der Waals surface area contributed by atoms with E-state index in [-0.39, 0.29) is 16.2 Å². The summed E-state index contributed by atoms with van der Waals surface area (Å²) in [5, 5.41) is 9.16. The van der Waals surface area contributed by atoms with Crippen molar-refractivity contribution >= 4 is 11.8 Å². The molecule has 4 aliphatic carbocycles. The quantitative estimate of drug-likeness (QED) is 0.343. The van der Waals surface area contributed by atoms with Gasteiger partial charge in [-0.2, -0.15) is 0 Å². The SMILES string of the molecule is C/C(=C/CC[C@H](C)[C@@H]1CC[C@]2(C)C3=CC[C@@H]4C(C)(C)C(=O)CC[C@]4(C)[C@H]3CC[C@@]12C)C(=O)O. The third kappa shape index (κ3) is 3.50. The average Bonchev–Trinajstić information content (AvgIpc) is 3.02. The number of carbonyl (C=O) groups is 2. The Morgan fingerprint density at radius 1 is 1.15 bits per heavy atom. The molecule has 1 N–H and O–H groups in total. The summed E-state index contributed by atoms with van der Waals surface area (Å²) in [6.07, 6.45) is 14.4. The summed E-state index contributed by atoms with van der Waals surface area (Å²) in [5.41, 5.74) is 2.80. The van der Waals surface area contributed by atoms with Crippen LogP contribution in [0, 0.1) is 45.3 Å². The molecule has 0 amide bonds. The van der Waals surface area contributed by atoms with Gasteiger partial charge in [-0.05, 0) is 98.2 Å². The van der Waals surface area contributed by atoms with Gasteiger partial charge in [0.25, 0.3) is 0 Å². The van der Waals surface area contributed by atoms with E-state index in [1.54, 1.807) is 12.5 Å². The summed E-state index contributed by atoms with van der Waals surface area (Å²) in [6, 6.07) is 0. The third-order valence-corrected chi connectivity index (χ3v) is 11.7. The molecule has 0 aromatic rings. The number of carbonyl (C=O) groups excluding carboxylic acids is 1. The van der Waals surface area contributed by atoms with E-state index in [2.05, 4.69) is 47.6 Å². The number of hydrogen-bond acceptors (Lipinski definition) is 2. The van der Waals surface area contributed by atoms with E-state index in [4.69, 9.17) is 5.11 Å². The molecule has 0 bridgehead atoms. The number of carboxylic acids is 1. The van der Waals surface area contributed by atoms with E-state index < -0.39 is 5.97 Å². The van der Waals surface area contributed by atoms with Gasteiger partial charge < -0.3 is 5.11 Å². The van der Waals surface area contributed by atoms with Gasteiger partial charge in [-0.15, -0.1) is 0 Å². The van der Waals surface area contributed by atoms with E-state index in [1.165, 1.54) is 25.7 Å². The van der Waals surface area contributed by atoms with Crippen molar-refractivity contribution in [1.82, 2.24) is 0 Å². The maximum Gasteiger partial charge on any atom is 0.330 e. The van der Waals surface area contributed by atoms with Crippen molar-refractivity contribution in [3.05, 3.63) is 23.3 Å². The summed E-state index contributed by atoms with van der Waals surface area (Å²) in [4.78, 5) is 23.9. The molecule has 4 aliphatic rings. The molecule has 0 aromatic carbocycles. The zero-order chi connectivity index (χ0) is 24.4. The molecule has 0 heterocycles. The van der Waals surface area contributed by atoms with Crippen LogP contribution in [0.4, 0.5) is 0 Å². The molecule has 7 atom stereocenters.